The quantitative estimate of drug-likeness (QED) is 0.770. The monoisotopic (exact) mass is 245 g/mol. The molecule has 0 bridgehead atoms. The Morgan fingerprint density at radius 3 is 3.06 bits per heavy atom. The van der Waals surface area contributed by atoms with Crippen LogP contribution in [0.3, 0.4) is 0 Å². The number of hydrogen-bond acceptors (Lipinski definition) is 4. The predicted molar refractivity (Wildman–Crippen MR) is 68.9 cm³/mol. The van der Waals surface area contributed by atoms with Gasteiger partial charge in [0.15, 0.2) is 5.58 Å². The summed E-state index contributed by atoms with van der Waals surface area (Å²) in [5.74, 6) is -0.0873. The smallest absolute Gasteiger partial charge is 0.226 e. The van der Waals surface area contributed by atoms with E-state index >= 15 is 0 Å². The standard InChI is InChI=1S/C13H15N3O2/c14-7-3-4-8-15-13(17)9-11-10-5-1-2-6-12(10)18-16-11/h1-6H,7-9,14H2,(H,15,17)/b4-3+. The minimum Gasteiger partial charge on any atom is -0.356 e. The topological polar surface area (TPSA) is 81.1 Å². The van der Waals surface area contributed by atoms with Crippen molar-refractivity contribution in [1.29, 1.82) is 0 Å². The second-order valence-electron chi connectivity index (χ2n) is 3.81. The first-order chi connectivity index (χ1) is 8.81. The first-order valence-electron chi connectivity index (χ1n) is 5.76. The Morgan fingerprint density at radius 1 is 1.39 bits per heavy atom. The number of hydrogen-bond donors (Lipinski definition) is 2. The van der Waals surface area contributed by atoms with Gasteiger partial charge >= 0.3 is 0 Å². The zero-order chi connectivity index (χ0) is 12.8. The molecule has 1 aromatic carbocycles. The molecule has 0 aliphatic carbocycles. The molecule has 1 aromatic heterocycles. The molecular formula is C13H15N3O2. The van der Waals surface area contributed by atoms with E-state index in [1.165, 1.54) is 0 Å². The molecular weight excluding hydrogens is 230 g/mol. The Kier molecular flexibility index (Phi) is 4.09. The molecule has 0 fully saturated rings. The highest BCUT2D eigenvalue weighted by atomic mass is 16.5. The molecule has 1 heterocycles. The lowest BCUT2D eigenvalue weighted by molar-refractivity contribution is -0.120. The van der Waals surface area contributed by atoms with E-state index in [9.17, 15) is 4.79 Å². The number of nitrogens with two attached hydrogens (primary N) is 1. The van der Waals surface area contributed by atoms with Crippen molar-refractivity contribution < 1.29 is 9.32 Å². The van der Waals surface area contributed by atoms with E-state index in [1.54, 1.807) is 6.08 Å². The normalized spacial score (nSPS) is 11.2. The summed E-state index contributed by atoms with van der Waals surface area (Å²) in [6, 6.07) is 7.48. The van der Waals surface area contributed by atoms with E-state index in [0.717, 1.165) is 5.39 Å². The van der Waals surface area contributed by atoms with Crippen LogP contribution in [0.2, 0.25) is 0 Å². The molecule has 0 atom stereocenters. The van der Waals surface area contributed by atoms with Crippen molar-refractivity contribution in [2.45, 2.75) is 6.42 Å². The number of benzene rings is 1. The van der Waals surface area contributed by atoms with Gasteiger partial charge in [0.1, 0.15) is 5.69 Å². The van der Waals surface area contributed by atoms with Crippen molar-refractivity contribution in [3.63, 3.8) is 0 Å². The van der Waals surface area contributed by atoms with E-state index in [4.69, 9.17) is 10.3 Å². The number of nitrogens with one attached hydrogen (secondary N) is 1. The van der Waals surface area contributed by atoms with Gasteiger partial charge in [-0.3, -0.25) is 4.79 Å². The zero-order valence-electron chi connectivity index (χ0n) is 9.93. The number of carbonyl (C=O) groups excluding carboxylic acids is 1. The van der Waals surface area contributed by atoms with Crippen molar-refractivity contribution in [3.05, 3.63) is 42.1 Å². The molecule has 2 aromatic rings. The van der Waals surface area contributed by atoms with Crippen molar-refractivity contribution in [3.8, 4) is 0 Å². The van der Waals surface area contributed by atoms with Crippen LogP contribution < -0.4 is 11.1 Å². The molecule has 0 unspecified atom stereocenters. The molecule has 5 heteroatoms. The summed E-state index contributed by atoms with van der Waals surface area (Å²) in [5.41, 5.74) is 6.65. The number of amides is 1. The predicted octanol–water partition coefficient (Wildman–Crippen LogP) is 1.00. The van der Waals surface area contributed by atoms with Crippen LogP contribution >= 0.6 is 0 Å². The molecule has 0 saturated heterocycles. The SMILES string of the molecule is NC/C=C/CNC(=O)Cc1noc2ccccc12. The Balaban J connectivity index is 1.97. The van der Waals surface area contributed by atoms with E-state index in [2.05, 4.69) is 10.5 Å². The van der Waals surface area contributed by atoms with Crippen molar-refractivity contribution >= 4 is 16.9 Å². The molecule has 2 rings (SSSR count). The maximum atomic E-state index is 11.7. The summed E-state index contributed by atoms with van der Waals surface area (Å²) >= 11 is 0. The fourth-order valence-corrected chi connectivity index (χ4v) is 1.63. The van der Waals surface area contributed by atoms with Crippen LogP contribution in [-0.2, 0) is 11.2 Å². The van der Waals surface area contributed by atoms with Crippen molar-refractivity contribution in [2.24, 2.45) is 5.73 Å². The summed E-state index contributed by atoms with van der Waals surface area (Å²) in [7, 11) is 0. The minimum absolute atomic E-state index is 0.0873. The van der Waals surface area contributed by atoms with Gasteiger partial charge in [-0.25, -0.2) is 0 Å². The molecule has 3 N–H and O–H groups in total. The van der Waals surface area contributed by atoms with Gasteiger partial charge in [0.25, 0.3) is 0 Å². The average Bonchev–Trinajstić information content (AvgIpc) is 2.78. The van der Waals surface area contributed by atoms with Gasteiger partial charge in [-0.1, -0.05) is 29.4 Å². The van der Waals surface area contributed by atoms with Crippen molar-refractivity contribution in [1.82, 2.24) is 10.5 Å². The van der Waals surface area contributed by atoms with Crippen LogP contribution in [0.5, 0.6) is 0 Å². The Hall–Kier alpha value is -2.14. The summed E-state index contributed by atoms with van der Waals surface area (Å²) < 4.78 is 5.13. The van der Waals surface area contributed by atoms with Crippen LogP contribution in [0.4, 0.5) is 0 Å². The van der Waals surface area contributed by atoms with Crippen LogP contribution in [-0.4, -0.2) is 24.2 Å². The van der Waals surface area contributed by atoms with Gasteiger partial charge in [0.2, 0.25) is 5.91 Å². The van der Waals surface area contributed by atoms with Gasteiger partial charge in [-0.2, -0.15) is 0 Å². The maximum absolute atomic E-state index is 11.7. The highest BCUT2D eigenvalue weighted by Crippen LogP contribution is 2.17. The number of para-hydroxylation sites is 1. The third-order valence-electron chi connectivity index (χ3n) is 2.50. The van der Waals surface area contributed by atoms with E-state index in [-0.39, 0.29) is 12.3 Å². The largest absolute Gasteiger partial charge is 0.356 e. The summed E-state index contributed by atoms with van der Waals surface area (Å²) in [6.07, 6.45) is 3.83. The second kappa shape index (κ2) is 5.97. The fourth-order valence-electron chi connectivity index (χ4n) is 1.63. The molecule has 0 aliphatic heterocycles. The number of nitrogens with zero attached hydrogens (tertiary/aromatic N) is 1. The Bertz CT molecular complexity index is 560. The minimum atomic E-state index is -0.0873. The molecule has 18 heavy (non-hydrogen) atoms. The highest BCUT2D eigenvalue weighted by Gasteiger charge is 2.10. The van der Waals surface area contributed by atoms with Gasteiger partial charge in [-0.15, -0.1) is 0 Å². The zero-order valence-corrected chi connectivity index (χ0v) is 9.93. The highest BCUT2D eigenvalue weighted by molar-refractivity contribution is 5.86. The number of aromatic nitrogens is 1. The van der Waals surface area contributed by atoms with Gasteiger partial charge < -0.3 is 15.6 Å². The summed E-state index contributed by atoms with van der Waals surface area (Å²) in [6.45, 7) is 0.954. The number of fused-ring (bicyclic) bond motifs is 1. The van der Waals surface area contributed by atoms with Crippen LogP contribution in [0.1, 0.15) is 5.69 Å². The number of carbonyl (C=O) groups is 1. The summed E-state index contributed by atoms with van der Waals surface area (Å²) in [5, 5.41) is 7.54. The lowest BCUT2D eigenvalue weighted by Crippen LogP contribution is -2.25. The van der Waals surface area contributed by atoms with Crippen molar-refractivity contribution in [2.75, 3.05) is 13.1 Å². The van der Waals surface area contributed by atoms with E-state index in [0.29, 0.717) is 24.4 Å². The van der Waals surface area contributed by atoms with Gasteiger partial charge in [0, 0.05) is 18.5 Å². The van der Waals surface area contributed by atoms with Crippen LogP contribution in [0, 0.1) is 0 Å². The van der Waals surface area contributed by atoms with E-state index < -0.39 is 0 Å². The molecule has 1 amide bonds. The lowest BCUT2D eigenvalue weighted by atomic mass is 10.1. The lowest BCUT2D eigenvalue weighted by Gasteiger charge is -1.99. The van der Waals surface area contributed by atoms with Gasteiger partial charge in [0.05, 0.1) is 6.42 Å². The molecule has 0 saturated carbocycles. The summed E-state index contributed by atoms with van der Waals surface area (Å²) in [4.78, 5) is 11.7. The third kappa shape index (κ3) is 2.95. The molecule has 5 nitrogen and oxygen atoms in total. The first kappa shape index (κ1) is 12.3. The maximum Gasteiger partial charge on any atom is 0.226 e. The third-order valence-corrected chi connectivity index (χ3v) is 2.50. The van der Waals surface area contributed by atoms with E-state index in [1.807, 2.05) is 30.3 Å². The van der Waals surface area contributed by atoms with Crippen LogP contribution in [0.25, 0.3) is 11.0 Å². The van der Waals surface area contributed by atoms with Gasteiger partial charge in [-0.05, 0) is 12.1 Å². The Morgan fingerprint density at radius 2 is 2.22 bits per heavy atom. The second-order valence-corrected chi connectivity index (χ2v) is 3.81. The van der Waals surface area contributed by atoms with Crippen LogP contribution in [0.15, 0.2) is 40.9 Å². The fraction of sp³-hybridized carbons (Fsp3) is 0.231. The molecule has 0 aliphatic rings. The Labute approximate surface area is 105 Å². The molecule has 0 spiro atoms. The average molecular weight is 245 g/mol. The molecule has 0 radical (unpaired) electrons. The number of rotatable bonds is 5. The first-order valence-corrected chi connectivity index (χ1v) is 5.76. The molecule has 94 valence electrons.